The van der Waals surface area contributed by atoms with Gasteiger partial charge in [0.15, 0.2) is 8.32 Å². The highest BCUT2D eigenvalue weighted by Gasteiger charge is 2.38. The molecule has 0 radical (unpaired) electrons. The summed E-state index contributed by atoms with van der Waals surface area (Å²) in [5, 5.41) is 0. The highest BCUT2D eigenvalue weighted by atomic mass is 28.4. The quantitative estimate of drug-likeness (QED) is 0.670. The monoisotopic (exact) mass is 188 g/mol. The van der Waals surface area contributed by atoms with Crippen LogP contribution in [0.2, 0.25) is 17.1 Å². The van der Waals surface area contributed by atoms with E-state index in [1.54, 1.807) is 0 Å². The van der Waals surface area contributed by atoms with Crippen LogP contribution >= 0.6 is 0 Å². The van der Waals surface area contributed by atoms with E-state index in [-0.39, 0.29) is 0 Å². The van der Waals surface area contributed by atoms with Crippen molar-refractivity contribution in [3.63, 3.8) is 0 Å². The number of hydrogen-bond acceptors (Lipinski definition) is 1. The molecule has 0 rings (SSSR count). The molecule has 0 aromatic carbocycles. The molecule has 0 spiro atoms. The van der Waals surface area contributed by atoms with Crippen molar-refractivity contribution in [3.05, 3.63) is 0 Å². The topological polar surface area (TPSA) is 20.2 Å². The van der Waals surface area contributed by atoms with Crippen molar-refractivity contribution in [3.8, 4) is 0 Å². The van der Waals surface area contributed by atoms with Gasteiger partial charge in [-0.1, -0.05) is 41.5 Å². The van der Waals surface area contributed by atoms with E-state index in [4.69, 9.17) is 0 Å². The molecular formula is C10H24OSi. The predicted octanol–water partition coefficient (Wildman–Crippen LogP) is 3.40. The lowest BCUT2D eigenvalue weighted by molar-refractivity contribution is 0.472. The molecule has 0 unspecified atom stereocenters. The normalized spacial score (nSPS) is 13.5. The number of hydrogen-bond donors (Lipinski definition) is 1. The zero-order valence-corrected chi connectivity index (χ0v) is 10.4. The van der Waals surface area contributed by atoms with E-state index in [9.17, 15) is 4.80 Å². The van der Waals surface area contributed by atoms with Crippen molar-refractivity contribution in [1.29, 1.82) is 0 Å². The molecule has 12 heavy (non-hydrogen) atoms. The Morgan fingerprint density at radius 2 is 1.25 bits per heavy atom. The van der Waals surface area contributed by atoms with Crippen molar-refractivity contribution in [2.45, 2.75) is 58.7 Å². The molecule has 0 fully saturated rings. The second-order valence-corrected chi connectivity index (χ2v) is 9.60. The van der Waals surface area contributed by atoms with Crippen molar-refractivity contribution >= 4 is 8.32 Å². The molecule has 0 aliphatic rings. The Labute approximate surface area is 78.3 Å². The van der Waals surface area contributed by atoms with Crippen molar-refractivity contribution in [2.24, 2.45) is 5.92 Å². The summed E-state index contributed by atoms with van der Waals surface area (Å²) in [5.41, 5.74) is 0.972. The lowest BCUT2D eigenvalue weighted by Crippen LogP contribution is -2.42. The maximum absolute atomic E-state index is 10.5. The Kier molecular flexibility index (Phi) is 4.49. The molecule has 0 bridgehead atoms. The summed E-state index contributed by atoms with van der Waals surface area (Å²) in [5.74, 6) is 0.631. The molecule has 2 heteroatoms. The molecule has 0 aromatic rings. The van der Waals surface area contributed by atoms with E-state index in [1.165, 1.54) is 0 Å². The Bertz CT molecular complexity index is 122. The molecule has 0 saturated heterocycles. The average Bonchev–Trinajstić information content (AvgIpc) is 1.84. The summed E-state index contributed by atoms with van der Waals surface area (Å²) in [6.45, 7) is 13.0. The van der Waals surface area contributed by atoms with Gasteiger partial charge in [-0.25, -0.2) is 0 Å². The Balaban J connectivity index is 4.40. The van der Waals surface area contributed by atoms with Gasteiger partial charge in [-0.15, -0.1) is 0 Å². The molecule has 0 aliphatic heterocycles. The molecule has 0 heterocycles. The molecule has 0 amide bonds. The second kappa shape index (κ2) is 4.42. The van der Waals surface area contributed by atoms with Crippen LogP contribution in [-0.4, -0.2) is 13.1 Å². The van der Waals surface area contributed by atoms with E-state index < -0.39 is 8.32 Å². The summed E-state index contributed by atoms with van der Waals surface area (Å²) in [7, 11) is -1.97. The molecule has 1 nitrogen and oxygen atoms in total. The van der Waals surface area contributed by atoms with Gasteiger partial charge in [0.05, 0.1) is 0 Å². The largest absolute Gasteiger partial charge is 0.431 e. The first-order chi connectivity index (χ1) is 5.30. The van der Waals surface area contributed by atoms with Gasteiger partial charge in [-0.2, -0.15) is 0 Å². The van der Waals surface area contributed by atoms with Gasteiger partial charge in [0.25, 0.3) is 0 Å². The molecule has 0 atom stereocenters. The second-order valence-electron chi connectivity index (χ2n) is 4.90. The van der Waals surface area contributed by atoms with Crippen LogP contribution in [0.25, 0.3) is 0 Å². The third-order valence-electron chi connectivity index (χ3n) is 2.73. The van der Waals surface area contributed by atoms with Gasteiger partial charge in [0.1, 0.15) is 0 Å². The first-order valence-electron chi connectivity index (χ1n) is 5.03. The van der Waals surface area contributed by atoms with Gasteiger partial charge in [-0.3, -0.25) is 0 Å². The van der Waals surface area contributed by atoms with Crippen LogP contribution < -0.4 is 0 Å². The van der Waals surface area contributed by atoms with Crippen LogP contribution in [0, 0.1) is 5.92 Å². The van der Waals surface area contributed by atoms with Gasteiger partial charge in [-0.05, 0) is 23.0 Å². The highest BCUT2D eigenvalue weighted by Crippen LogP contribution is 2.35. The van der Waals surface area contributed by atoms with Crippen molar-refractivity contribution < 1.29 is 4.80 Å². The summed E-state index contributed by atoms with van der Waals surface area (Å²) < 4.78 is 0. The van der Waals surface area contributed by atoms with Crippen LogP contribution in [-0.2, 0) is 0 Å². The zero-order chi connectivity index (χ0) is 9.94. The van der Waals surface area contributed by atoms with Crippen molar-refractivity contribution in [1.82, 2.24) is 0 Å². The van der Waals surface area contributed by atoms with Gasteiger partial charge in [0.2, 0.25) is 0 Å². The van der Waals surface area contributed by atoms with Gasteiger partial charge >= 0.3 is 0 Å². The van der Waals surface area contributed by atoms with E-state index in [0.717, 1.165) is 6.04 Å². The third-order valence-corrected chi connectivity index (χ3v) is 8.20. The SMILES string of the molecule is CC(C)C[Si](O)(C(C)C)C(C)C. The highest BCUT2D eigenvalue weighted by molar-refractivity contribution is 6.75. The minimum absolute atomic E-state index is 0.486. The van der Waals surface area contributed by atoms with Crippen LogP contribution in [0.4, 0.5) is 0 Å². The molecule has 0 saturated carbocycles. The Morgan fingerprint density at radius 1 is 0.917 bits per heavy atom. The Morgan fingerprint density at radius 3 is 1.33 bits per heavy atom. The lowest BCUT2D eigenvalue weighted by Gasteiger charge is -2.34. The van der Waals surface area contributed by atoms with E-state index >= 15 is 0 Å². The van der Waals surface area contributed by atoms with Gasteiger partial charge in [0, 0.05) is 0 Å². The lowest BCUT2D eigenvalue weighted by atomic mass is 10.3. The molecule has 1 N–H and O–H groups in total. The smallest absolute Gasteiger partial charge is 0.193 e. The fourth-order valence-corrected chi connectivity index (χ4v) is 5.38. The van der Waals surface area contributed by atoms with Gasteiger partial charge < -0.3 is 4.80 Å². The summed E-state index contributed by atoms with van der Waals surface area (Å²) in [4.78, 5) is 10.5. The van der Waals surface area contributed by atoms with Crippen LogP contribution in [0.3, 0.4) is 0 Å². The minimum Gasteiger partial charge on any atom is -0.431 e. The van der Waals surface area contributed by atoms with Crippen LogP contribution in [0.1, 0.15) is 41.5 Å². The average molecular weight is 188 g/mol. The fraction of sp³-hybridized carbons (Fsp3) is 1.00. The van der Waals surface area contributed by atoms with E-state index in [0.29, 0.717) is 17.0 Å². The molecular weight excluding hydrogens is 164 g/mol. The maximum Gasteiger partial charge on any atom is 0.193 e. The minimum atomic E-state index is -1.97. The maximum atomic E-state index is 10.5. The van der Waals surface area contributed by atoms with Crippen LogP contribution in [0.5, 0.6) is 0 Å². The first-order valence-corrected chi connectivity index (χ1v) is 7.34. The molecule has 0 aromatic heterocycles. The first kappa shape index (κ1) is 12.2. The molecule has 0 aliphatic carbocycles. The zero-order valence-electron chi connectivity index (χ0n) is 9.39. The van der Waals surface area contributed by atoms with Crippen molar-refractivity contribution in [2.75, 3.05) is 0 Å². The number of rotatable bonds is 4. The van der Waals surface area contributed by atoms with E-state index in [1.807, 2.05) is 0 Å². The summed E-state index contributed by atoms with van der Waals surface area (Å²) in [6, 6.07) is 1.04. The predicted molar refractivity (Wildman–Crippen MR) is 57.8 cm³/mol. The molecule has 74 valence electrons. The summed E-state index contributed by atoms with van der Waals surface area (Å²) >= 11 is 0. The Hall–Kier alpha value is 0.177. The third kappa shape index (κ3) is 2.90. The van der Waals surface area contributed by atoms with E-state index in [2.05, 4.69) is 41.5 Å². The summed E-state index contributed by atoms with van der Waals surface area (Å²) in [6.07, 6.45) is 0. The van der Waals surface area contributed by atoms with Crippen LogP contribution in [0.15, 0.2) is 0 Å². The standard InChI is InChI=1S/C10H24OSi/c1-8(2)7-12(11,9(3)4)10(5)6/h8-11H,7H2,1-6H3. The fourth-order valence-electron chi connectivity index (χ4n) is 1.79.